The number of rotatable bonds is 5. The van der Waals surface area contributed by atoms with Crippen molar-refractivity contribution in [1.82, 2.24) is 35.3 Å². The fourth-order valence-electron chi connectivity index (χ4n) is 4.45. The Morgan fingerprint density at radius 2 is 1.94 bits per heavy atom. The highest BCUT2D eigenvalue weighted by molar-refractivity contribution is 6.00. The molecule has 0 radical (unpaired) electrons. The van der Waals surface area contributed by atoms with Crippen LogP contribution in [0.4, 0.5) is 4.39 Å². The normalized spacial score (nSPS) is 11.6. The van der Waals surface area contributed by atoms with E-state index in [0.717, 1.165) is 61.3 Å². The van der Waals surface area contributed by atoms with E-state index in [2.05, 4.69) is 31.7 Å². The average Bonchev–Trinajstić information content (AvgIpc) is 3.55. The number of H-pyrrole nitrogens is 2. The summed E-state index contributed by atoms with van der Waals surface area (Å²) in [5.74, 6) is -0.249. The van der Waals surface area contributed by atoms with Gasteiger partial charge in [-0.2, -0.15) is 10.2 Å². The number of nitrogens with zero attached hydrogens (tertiary/aromatic N) is 4. The highest BCUT2D eigenvalue weighted by atomic mass is 19.1. The van der Waals surface area contributed by atoms with Gasteiger partial charge in [0.25, 0.3) is 0 Å². The van der Waals surface area contributed by atoms with Gasteiger partial charge in [-0.1, -0.05) is 12.1 Å². The number of fused-ring (bicyclic) bond motifs is 2. The number of nitrogens with one attached hydrogen (secondary N) is 3. The van der Waals surface area contributed by atoms with Crippen LogP contribution in [-0.2, 0) is 13.6 Å². The van der Waals surface area contributed by atoms with Crippen LogP contribution in [0.25, 0.3) is 55.7 Å². The standard InChI is InChI=1S/C26H22FN7/c1-28-12-15-8-16(10-18(27)9-15)19-4-3-5-22-20(19)11-24(30-22)26-25-23(32-33-26)7-6-21(31-25)17-13-29-34(2)14-17/h3-11,13-14,28,30H,12H2,1-2H3,(H,32,33). The first-order valence-electron chi connectivity index (χ1n) is 11.0. The predicted octanol–water partition coefficient (Wildman–Crippen LogP) is 5.03. The molecule has 0 amide bonds. The summed E-state index contributed by atoms with van der Waals surface area (Å²) in [4.78, 5) is 8.34. The van der Waals surface area contributed by atoms with Gasteiger partial charge >= 0.3 is 0 Å². The number of halogens is 1. The molecule has 7 nitrogen and oxygen atoms in total. The molecule has 0 fully saturated rings. The Labute approximate surface area is 194 Å². The Bertz CT molecular complexity index is 1660. The molecule has 0 spiro atoms. The lowest BCUT2D eigenvalue weighted by atomic mass is 9.99. The smallest absolute Gasteiger partial charge is 0.135 e. The summed E-state index contributed by atoms with van der Waals surface area (Å²) in [6.07, 6.45) is 3.73. The van der Waals surface area contributed by atoms with Crippen molar-refractivity contribution >= 4 is 21.9 Å². The van der Waals surface area contributed by atoms with Crippen LogP contribution < -0.4 is 5.32 Å². The minimum Gasteiger partial charge on any atom is -0.353 e. The summed E-state index contributed by atoms with van der Waals surface area (Å²) < 4.78 is 16.1. The fraction of sp³-hybridized carbons (Fsp3) is 0.115. The van der Waals surface area contributed by atoms with Crippen LogP contribution in [0.3, 0.4) is 0 Å². The molecule has 0 aliphatic heterocycles. The molecule has 6 aromatic rings. The largest absolute Gasteiger partial charge is 0.353 e. The highest BCUT2D eigenvalue weighted by Gasteiger charge is 2.16. The molecule has 34 heavy (non-hydrogen) atoms. The Balaban J connectivity index is 1.48. The molecule has 0 atom stereocenters. The van der Waals surface area contributed by atoms with Gasteiger partial charge in [0.1, 0.15) is 17.0 Å². The molecule has 3 N–H and O–H groups in total. The van der Waals surface area contributed by atoms with Crippen molar-refractivity contribution in [3.05, 3.63) is 78.4 Å². The molecule has 0 aliphatic rings. The van der Waals surface area contributed by atoms with Gasteiger partial charge in [0, 0.05) is 36.3 Å². The quantitative estimate of drug-likeness (QED) is 0.343. The summed E-state index contributed by atoms with van der Waals surface area (Å²) >= 11 is 0. The van der Waals surface area contributed by atoms with E-state index in [9.17, 15) is 4.39 Å². The Kier molecular flexibility index (Phi) is 4.74. The van der Waals surface area contributed by atoms with Crippen LogP contribution in [0.1, 0.15) is 5.56 Å². The second-order valence-electron chi connectivity index (χ2n) is 8.40. The van der Waals surface area contributed by atoms with Crippen molar-refractivity contribution in [1.29, 1.82) is 0 Å². The topological polar surface area (TPSA) is 87.2 Å². The van der Waals surface area contributed by atoms with Crippen molar-refractivity contribution < 1.29 is 4.39 Å². The van der Waals surface area contributed by atoms with Gasteiger partial charge in [-0.05, 0) is 66.2 Å². The zero-order chi connectivity index (χ0) is 23.2. The summed E-state index contributed by atoms with van der Waals surface area (Å²) in [5, 5.41) is 16.0. The molecule has 0 bridgehead atoms. The number of aryl methyl sites for hydroxylation is 1. The van der Waals surface area contributed by atoms with Crippen molar-refractivity contribution in [3.8, 4) is 33.8 Å². The van der Waals surface area contributed by atoms with E-state index in [1.165, 1.54) is 0 Å². The molecule has 0 saturated carbocycles. The molecule has 2 aromatic carbocycles. The Morgan fingerprint density at radius 3 is 2.76 bits per heavy atom. The zero-order valence-electron chi connectivity index (χ0n) is 18.7. The molecular weight excluding hydrogens is 429 g/mol. The third-order valence-corrected chi connectivity index (χ3v) is 5.98. The lowest BCUT2D eigenvalue weighted by Crippen LogP contribution is -2.05. The fourth-order valence-corrected chi connectivity index (χ4v) is 4.45. The van der Waals surface area contributed by atoms with E-state index in [4.69, 9.17) is 4.98 Å². The van der Waals surface area contributed by atoms with Crippen LogP contribution in [0.15, 0.2) is 67.0 Å². The van der Waals surface area contributed by atoms with Crippen molar-refractivity contribution in [2.45, 2.75) is 6.54 Å². The molecule has 4 aromatic heterocycles. The molecule has 168 valence electrons. The second-order valence-corrected chi connectivity index (χ2v) is 8.40. The number of aromatic nitrogens is 6. The van der Waals surface area contributed by atoms with Gasteiger partial charge < -0.3 is 10.3 Å². The number of benzene rings is 2. The zero-order valence-corrected chi connectivity index (χ0v) is 18.7. The molecule has 4 heterocycles. The summed E-state index contributed by atoms with van der Waals surface area (Å²) in [5.41, 5.74) is 8.62. The summed E-state index contributed by atoms with van der Waals surface area (Å²) in [6, 6.07) is 17.1. The average molecular weight is 452 g/mol. The van der Waals surface area contributed by atoms with Crippen LogP contribution >= 0.6 is 0 Å². The summed E-state index contributed by atoms with van der Waals surface area (Å²) in [7, 11) is 3.74. The number of hydrogen-bond acceptors (Lipinski definition) is 4. The maximum Gasteiger partial charge on any atom is 0.135 e. The van der Waals surface area contributed by atoms with Gasteiger partial charge in [0.05, 0.1) is 23.1 Å². The molecule has 0 saturated heterocycles. The van der Waals surface area contributed by atoms with Gasteiger partial charge in [-0.25, -0.2) is 9.37 Å². The maximum absolute atomic E-state index is 14.4. The lowest BCUT2D eigenvalue weighted by Gasteiger charge is -2.07. The van der Waals surface area contributed by atoms with E-state index in [1.54, 1.807) is 23.0 Å². The summed E-state index contributed by atoms with van der Waals surface area (Å²) in [6.45, 7) is 0.601. The molecular formula is C26H22FN7. The van der Waals surface area contributed by atoms with E-state index in [1.807, 2.05) is 56.7 Å². The minimum absolute atomic E-state index is 0.249. The van der Waals surface area contributed by atoms with Crippen molar-refractivity contribution in [2.75, 3.05) is 7.05 Å². The van der Waals surface area contributed by atoms with Gasteiger partial charge in [-0.15, -0.1) is 0 Å². The second kappa shape index (κ2) is 7.93. The van der Waals surface area contributed by atoms with Crippen LogP contribution in [0.5, 0.6) is 0 Å². The third kappa shape index (κ3) is 3.45. The minimum atomic E-state index is -0.249. The number of aromatic amines is 2. The SMILES string of the molecule is CNCc1cc(F)cc(-c2cccc3[nH]c(-c4n[nH]c5ccc(-c6cnn(C)c6)nc45)cc23)c1. The van der Waals surface area contributed by atoms with Crippen molar-refractivity contribution in [2.24, 2.45) is 7.05 Å². The predicted molar refractivity (Wildman–Crippen MR) is 132 cm³/mol. The molecule has 0 aliphatic carbocycles. The molecule has 0 unspecified atom stereocenters. The number of pyridine rings is 1. The van der Waals surface area contributed by atoms with Crippen LogP contribution in [0.2, 0.25) is 0 Å². The van der Waals surface area contributed by atoms with Crippen LogP contribution in [0, 0.1) is 5.82 Å². The monoisotopic (exact) mass is 451 g/mol. The molecule has 6 rings (SSSR count). The third-order valence-electron chi connectivity index (χ3n) is 5.98. The lowest BCUT2D eigenvalue weighted by molar-refractivity contribution is 0.624. The molecule has 8 heteroatoms. The van der Waals surface area contributed by atoms with Crippen molar-refractivity contribution in [3.63, 3.8) is 0 Å². The van der Waals surface area contributed by atoms with E-state index in [0.29, 0.717) is 6.54 Å². The first-order chi connectivity index (χ1) is 16.6. The highest BCUT2D eigenvalue weighted by Crippen LogP contribution is 2.34. The van der Waals surface area contributed by atoms with E-state index < -0.39 is 0 Å². The first-order valence-corrected chi connectivity index (χ1v) is 11.0. The van der Waals surface area contributed by atoms with Gasteiger partial charge in [0.15, 0.2) is 0 Å². The maximum atomic E-state index is 14.4. The number of hydrogen-bond donors (Lipinski definition) is 3. The van der Waals surface area contributed by atoms with E-state index in [-0.39, 0.29) is 5.82 Å². The van der Waals surface area contributed by atoms with E-state index >= 15 is 0 Å². The van der Waals surface area contributed by atoms with Gasteiger partial charge in [-0.3, -0.25) is 9.78 Å². The Hall–Kier alpha value is -4.30. The first kappa shape index (κ1) is 20.3. The van der Waals surface area contributed by atoms with Crippen LogP contribution in [-0.4, -0.2) is 37.0 Å². The Morgan fingerprint density at radius 1 is 1.03 bits per heavy atom. The van der Waals surface area contributed by atoms with Gasteiger partial charge in [0.2, 0.25) is 0 Å².